The lowest BCUT2D eigenvalue weighted by atomic mass is 10.00. The van der Waals surface area contributed by atoms with E-state index >= 15 is 0 Å². The van der Waals surface area contributed by atoms with Gasteiger partial charge in [-0.2, -0.15) is 0 Å². The Bertz CT molecular complexity index is 341. The van der Waals surface area contributed by atoms with E-state index in [1.165, 1.54) is 0 Å². The van der Waals surface area contributed by atoms with Crippen LogP contribution in [0.3, 0.4) is 0 Å². The van der Waals surface area contributed by atoms with Gasteiger partial charge in [-0.1, -0.05) is 27.7 Å². The summed E-state index contributed by atoms with van der Waals surface area (Å²) in [6.07, 6.45) is 0.809. The normalized spacial score (nSPS) is 12.3. The molecule has 0 heterocycles. The van der Waals surface area contributed by atoms with Crippen LogP contribution in [0.15, 0.2) is 0 Å². The second-order valence-electron chi connectivity index (χ2n) is 5.68. The Morgan fingerprint density at radius 1 is 1.00 bits per heavy atom. The fourth-order valence-corrected chi connectivity index (χ4v) is 1.54. The molecular weight excluding hydrogens is 258 g/mol. The highest BCUT2D eigenvalue weighted by atomic mass is 16.2. The summed E-state index contributed by atoms with van der Waals surface area (Å²) in [6, 6.07) is -0.806. The monoisotopic (exact) mass is 285 g/mol. The van der Waals surface area contributed by atoms with E-state index < -0.39 is 6.04 Å². The first-order chi connectivity index (χ1) is 9.23. The van der Waals surface area contributed by atoms with E-state index in [1.807, 2.05) is 0 Å². The maximum absolute atomic E-state index is 11.5. The Labute approximate surface area is 120 Å². The molecule has 0 saturated carbocycles. The summed E-state index contributed by atoms with van der Waals surface area (Å²) in [5.74, 6) is -0.447. The van der Waals surface area contributed by atoms with Crippen molar-refractivity contribution in [2.24, 2.45) is 17.6 Å². The first-order valence-electron chi connectivity index (χ1n) is 7.06. The van der Waals surface area contributed by atoms with Gasteiger partial charge in [0.25, 0.3) is 0 Å². The van der Waals surface area contributed by atoms with Crippen molar-refractivity contribution in [3.63, 3.8) is 0 Å². The van der Waals surface area contributed by atoms with Crippen LogP contribution < -0.4 is 16.4 Å². The van der Waals surface area contributed by atoms with Crippen LogP contribution in [0.5, 0.6) is 0 Å². The van der Waals surface area contributed by atoms with E-state index in [-0.39, 0.29) is 36.5 Å². The van der Waals surface area contributed by atoms with Crippen molar-refractivity contribution in [1.82, 2.24) is 10.6 Å². The number of carbonyl (C=O) groups excluding carboxylic acids is 3. The largest absolute Gasteiger partial charge is 0.355 e. The van der Waals surface area contributed by atoms with Gasteiger partial charge in [-0.3, -0.25) is 14.4 Å². The fourth-order valence-electron chi connectivity index (χ4n) is 1.54. The number of Topliss-reactive ketones (excluding diaryl/α,β-unsaturated/α-hetero) is 1. The second kappa shape index (κ2) is 9.47. The van der Waals surface area contributed by atoms with Gasteiger partial charge < -0.3 is 16.4 Å². The number of carbonyl (C=O) groups is 3. The van der Waals surface area contributed by atoms with Crippen molar-refractivity contribution in [2.45, 2.75) is 46.6 Å². The molecule has 0 aliphatic rings. The Morgan fingerprint density at radius 3 is 2.10 bits per heavy atom. The van der Waals surface area contributed by atoms with Gasteiger partial charge in [-0.05, 0) is 12.3 Å². The summed E-state index contributed by atoms with van der Waals surface area (Å²) in [6.45, 7) is 8.13. The molecule has 0 aromatic carbocycles. The van der Waals surface area contributed by atoms with Gasteiger partial charge in [0.05, 0.1) is 12.6 Å². The Kier molecular flexibility index (Phi) is 8.79. The van der Waals surface area contributed by atoms with E-state index in [0.29, 0.717) is 12.5 Å². The Hall–Kier alpha value is -1.43. The summed E-state index contributed by atoms with van der Waals surface area (Å²) in [7, 11) is 0. The molecule has 0 rings (SSSR count). The lowest BCUT2D eigenvalue weighted by Gasteiger charge is -2.13. The van der Waals surface area contributed by atoms with Gasteiger partial charge >= 0.3 is 0 Å². The molecule has 0 saturated heterocycles. The van der Waals surface area contributed by atoms with E-state index in [9.17, 15) is 14.4 Å². The molecule has 0 spiro atoms. The molecule has 0 unspecified atom stereocenters. The van der Waals surface area contributed by atoms with Crippen molar-refractivity contribution >= 4 is 17.6 Å². The first-order valence-corrected chi connectivity index (χ1v) is 7.06. The quantitative estimate of drug-likeness (QED) is 0.563. The molecule has 4 N–H and O–H groups in total. The highest BCUT2D eigenvalue weighted by Crippen LogP contribution is 2.01. The van der Waals surface area contributed by atoms with E-state index in [2.05, 4.69) is 24.5 Å². The van der Waals surface area contributed by atoms with E-state index in [0.717, 1.165) is 6.42 Å². The minimum Gasteiger partial charge on any atom is -0.355 e. The smallest absolute Gasteiger partial charge is 0.239 e. The highest BCUT2D eigenvalue weighted by molar-refractivity contribution is 5.91. The summed E-state index contributed by atoms with van der Waals surface area (Å²) in [5, 5.41) is 5.17. The second-order valence-corrected chi connectivity index (χ2v) is 5.68. The zero-order valence-electron chi connectivity index (χ0n) is 12.9. The predicted molar refractivity (Wildman–Crippen MR) is 77.9 cm³/mol. The molecule has 2 amide bonds. The summed E-state index contributed by atoms with van der Waals surface area (Å²) in [4.78, 5) is 34.5. The van der Waals surface area contributed by atoms with Gasteiger partial charge in [-0.15, -0.1) is 0 Å². The number of nitrogens with one attached hydrogen (secondary N) is 2. The van der Waals surface area contributed by atoms with E-state index in [1.54, 1.807) is 13.8 Å². The molecule has 0 aromatic heterocycles. The number of ketones is 1. The number of nitrogens with two attached hydrogens (primary N) is 1. The molecule has 6 nitrogen and oxygen atoms in total. The van der Waals surface area contributed by atoms with Crippen LogP contribution in [0.1, 0.15) is 40.5 Å². The molecular formula is C14H27N3O3. The summed E-state index contributed by atoms with van der Waals surface area (Å²) < 4.78 is 0. The van der Waals surface area contributed by atoms with Crippen LogP contribution >= 0.6 is 0 Å². The van der Waals surface area contributed by atoms with Crippen LogP contribution in [0, 0.1) is 11.8 Å². The minimum absolute atomic E-state index is 0.0838. The van der Waals surface area contributed by atoms with Crippen molar-refractivity contribution < 1.29 is 14.4 Å². The standard InChI is InChI=1S/C14H27N3O3/c1-9(2)5-6-16-13(19)8-17-12(18)7-11(15)14(20)10(3)4/h9-11H,5-8,15H2,1-4H3,(H,16,19)(H,17,18)/t11-/m0/s1. The van der Waals surface area contributed by atoms with Gasteiger partial charge in [0.1, 0.15) is 0 Å². The van der Waals surface area contributed by atoms with Crippen LogP contribution in [0.25, 0.3) is 0 Å². The third-order valence-corrected chi connectivity index (χ3v) is 2.83. The first kappa shape index (κ1) is 18.6. The fraction of sp³-hybridized carbons (Fsp3) is 0.786. The highest BCUT2D eigenvalue weighted by Gasteiger charge is 2.20. The zero-order chi connectivity index (χ0) is 15.7. The number of hydrogen-bond donors (Lipinski definition) is 3. The van der Waals surface area contributed by atoms with Gasteiger partial charge in [0, 0.05) is 18.9 Å². The molecule has 0 radical (unpaired) electrons. The maximum atomic E-state index is 11.5. The molecule has 0 aliphatic heterocycles. The lowest BCUT2D eigenvalue weighted by molar-refractivity contribution is -0.129. The van der Waals surface area contributed by atoms with Gasteiger partial charge in [0.2, 0.25) is 11.8 Å². The molecule has 0 aliphatic carbocycles. The van der Waals surface area contributed by atoms with Crippen molar-refractivity contribution in [2.75, 3.05) is 13.1 Å². The number of hydrogen-bond acceptors (Lipinski definition) is 4. The third kappa shape index (κ3) is 8.63. The van der Waals surface area contributed by atoms with Crippen molar-refractivity contribution in [3.8, 4) is 0 Å². The molecule has 0 bridgehead atoms. The maximum Gasteiger partial charge on any atom is 0.239 e. The topological polar surface area (TPSA) is 101 Å². The van der Waals surface area contributed by atoms with Gasteiger partial charge in [-0.25, -0.2) is 0 Å². The summed E-state index contributed by atoms with van der Waals surface area (Å²) in [5.41, 5.74) is 5.63. The lowest BCUT2D eigenvalue weighted by Crippen LogP contribution is -2.42. The van der Waals surface area contributed by atoms with Gasteiger partial charge in [0.15, 0.2) is 5.78 Å². The Morgan fingerprint density at radius 2 is 1.60 bits per heavy atom. The predicted octanol–water partition coefficient (Wildman–Crippen LogP) is 0.207. The molecule has 0 aromatic rings. The molecule has 116 valence electrons. The molecule has 6 heteroatoms. The third-order valence-electron chi connectivity index (χ3n) is 2.83. The van der Waals surface area contributed by atoms with Crippen molar-refractivity contribution in [3.05, 3.63) is 0 Å². The van der Waals surface area contributed by atoms with Crippen LogP contribution in [-0.4, -0.2) is 36.7 Å². The molecule has 20 heavy (non-hydrogen) atoms. The SMILES string of the molecule is CC(C)CCNC(=O)CNC(=O)C[C@H](N)C(=O)C(C)C. The average molecular weight is 285 g/mol. The zero-order valence-corrected chi connectivity index (χ0v) is 12.9. The van der Waals surface area contributed by atoms with Crippen LogP contribution in [-0.2, 0) is 14.4 Å². The van der Waals surface area contributed by atoms with E-state index in [4.69, 9.17) is 5.73 Å². The van der Waals surface area contributed by atoms with Crippen LogP contribution in [0.2, 0.25) is 0 Å². The van der Waals surface area contributed by atoms with Crippen LogP contribution in [0.4, 0.5) is 0 Å². The molecule has 1 atom stereocenters. The summed E-state index contributed by atoms with van der Waals surface area (Å²) >= 11 is 0. The number of rotatable bonds is 9. The van der Waals surface area contributed by atoms with Crippen molar-refractivity contribution in [1.29, 1.82) is 0 Å². The average Bonchev–Trinajstić information content (AvgIpc) is 2.34. The number of amides is 2. The minimum atomic E-state index is -0.806. The molecule has 0 fully saturated rings. The Balaban J connectivity index is 3.87.